The van der Waals surface area contributed by atoms with Gasteiger partial charge in [-0.2, -0.15) is 16.4 Å². The number of hydrogen-bond acceptors (Lipinski definition) is 5. The van der Waals surface area contributed by atoms with Crippen LogP contribution < -0.4 is 9.47 Å². The van der Waals surface area contributed by atoms with E-state index in [2.05, 4.69) is 34.0 Å². The standard InChI is InChI=1S/C22H19ClN2O2S/c1-2-26-17-6-3-14(4-7-17)19-12-20-18-11-16(23)5-8-21(18)27-22(25(20)24-19)15-9-10-28-13-15/h3-11,13,20,22H,2,12H2,1H3/t20-,22+/m1/s1. The number of hydrazone groups is 1. The summed E-state index contributed by atoms with van der Waals surface area (Å²) in [6.07, 6.45) is 0.579. The van der Waals surface area contributed by atoms with E-state index in [-0.39, 0.29) is 12.3 Å². The van der Waals surface area contributed by atoms with E-state index >= 15 is 0 Å². The normalized spacial score (nSPS) is 20.2. The lowest BCUT2D eigenvalue weighted by Gasteiger charge is -2.37. The van der Waals surface area contributed by atoms with Crippen molar-refractivity contribution in [2.75, 3.05) is 6.61 Å². The molecule has 2 aliphatic rings. The fraction of sp³-hybridized carbons (Fsp3) is 0.227. The molecule has 0 saturated carbocycles. The Balaban J connectivity index is 1.53. The van der Waals surface area contributed by atoms with E-state index in [4.69, 9.17) is 26.2 Å². The van der Waals surface area contributed by atoms with Crippen molar-refractivity contribution in [3.05, 3.63) is 81.0 Å². The molecular weight excluding hydrogens is 392 g/mol. The minimum absolute atomic E-state index is 0.105. The van der Waals surface area contributed by atoms with E-state index in [1.54, 1.807) is 11.3 Å². The highest BCUT2D eigenvalue weighted by atomic mass is 35.5. The van der Waals surface area contributed by atoms with E-state index < -0.39 is 0 Å². The first-order chi connectivity index (χ1) is 13.7. The Kier molecular flexibility index (Phi) is 4.49. The molecule has 6 heteroatoms. The number of nitrogens with zero attached hydrogens (tertiary/aromatic N) is 2. The summed E-state index contributed by atoms with van der Waals surface area (Å²) >= 11 is 7.94. The van der Waals surface area contributed by atoms with Crippen molar-refractivity contribution in [2.45, 2.75) is 25.6 Å². The van der Waals surface area contributed by atoms with Gasteiger partial charge < -0.3 is 9.47 Å². The second kappa shape index (κ2) is 7.15. The first kappa shape index (κ1) is 17.6. The van der Waals surface area contributed by atoms with Crippen LogP contribution in [0.4, 0.5) is 0 Å². The Morgan fingerprint density at radius 3 is 2.82 bits per heavy atom. The van der Waals surface area contributed by atoms with Gasteiger partial charge in [0.25, 0.3) is 0 Å². The number of thiophene rings is 1. The maximum atomic E-state index is 6.33. The molecule has 0 unspecified atom stereocenters. The van der Waals surface area contributed by atoms with E-state index in [1.807, 2.05) is 37.3 Å². The van der Waals surface area contributed by atoms with Gasteiger partial charge in [0, 0.05) is 22.6 Å². The van der Waals surface area contributed by atoms with Gasteiger partial charge in [0.1, 0.15) is 11.5 Å². The van der Waals surface area contributed by atoms with Crippen LogP contribution in [0.1, 0.15) is 42.3 Å². The number of fused-ring (bicyclic) bond motifs is 3. The first-order valence-electron chi connectivity index (χ1n) is 9.30. The van der Waals surface area contributed by atoms with Gasteiger partial charge in [-0.05, 0) is 71.8 Å². The Labute approximate surface area is 173 Å². The van der Waals surface area contributed by atoms with Gasteiger partial charge in [-0.1, -0.05) is 11.6 Å². The summed E-state index contributed by atoms with van der Waals surface area (Å²) in [6, 6.07) is 16.2. The van der Waals surface area contributed by atoms with E-state index in [0.29, 0.717) is 11.6 Å². The summed E-state index contributed by atoms with van der Waals surface area (Å²) < 4.78 is 11.9. The van der Waals surface area contributed by atoms with Crippen LogP contribution in [0.15, 0.2) is 64.4 Å². The SMILES string of the molecule is CCOc1ccc(C2=NN3[C@H](C2)c2cc(Cl)ccc2O[C@H]3c2ccsc2)cc1. The molecule has 2 atom stereocenters. The maximum absolute atomic E-state index is 6.33. The largest absolute Gasteiger partial charge is 0.494 e. The molecule has 0 radical (unpaired) electrons. The predicted molar refractivity (Wildman–Crippen MR) is 112 cm³/mol. The van der Waals surface area contributed by atoms with Gasteiger partial charge in [-0.3, -0.25) is 0 Å². The predicted octanol–water partition coefficient (Wildman–Crippen LogP) is 6.04. The molecular formula is C22H19ClN2O2S. The summed E-state index contributed by atoms with van der Waals surface area (Å²) in [4.78, 5) is 0. The summed E-state index contributed by atoms with van der Waals surface area (Å²) in [5.74, 6) is 1.75. The molecule has 5 rings (SSSR count). The number of halogens is 1. The lowest BCUT2D eigenvalue weighted by molar-refractivity contribution is -0.0187. The first-order valence-corrected chi connectivity index (χ1v) is 10.6. The molecule has 0 fully saturated rings. The van der Waals surface area contributed by atoms with Gasteiger partial charge in [0.2, 0.25) is 6.23 Å². The number of benzene rings is 2. The van der Waals surface area contributed by atoms with Gasteiger partial charge >= 0.3 is 0 Å². The molecule has 0 saturated heterocycles. The Morgan fingerprint density at radius 2 is 2.07 bits per heavy atom. The minimum atomic E-state index is -0.231. The highest BCUT2D eigenvalue weighted by Gasteiger charge is 2.41. The molecule has 28 heavy (non-hydrogen) atoms. The van der Waals surface area contributed by atoms with Crippen LogP contribution in [-0.2, 0) is 0 Å². The number of hydrogen-bond donors (Lipinski definition) is 0. The summed E-state index contributed by atoms with van der Waals surface area (Å²) in [5.41, 5.74) is 4.35. The van der Waals surface area contributed by atoms with Crippen molar-refractivity contribution in [1.82, 2.24) is 5.01 Å². The molecule has 2 aromatic carbocycles. The van der Waals surface area contributed by atoms with E-state index in [0.717, 1.165) is 40.3 Å². The average molecular weight is 411 g/mol. The molecule has 1 aromatic heterocycles. The third-order valence-electron chi connectivity index (χ3n) is 5.08. The smallest absolute Gasteiger partial charge is 0.214 e. The molecule has 0 N–H and O–H groups in total. The fourth-order valence-electron chi connectivity index (χ4n) is 3.78. The van der Waals surface area contributed by atoms with Crippen molar-refractivity contribution in [3.63, 3.8) is 0 Å². The summed E-state index contributed by atoms with van der Waals surface area (Å²) in [6.45, 7) is 2.65. The Bertz CT molecular complexity index is 1020. The second-order valence-electron chi connectivity index (χ2n) is 6.81. The zero-order valence-corrected chi connectivity index (χ0v) is 16.9. The van der Waals surface area contributed by atoms with Gasteiger partial charge in [-0.15, -0.1) is 0 Å². The molecule has 3 heterocycles. The molecule has 3 aromatic rings. The average Bonchev–Trinajstić information content (AvgIpc) is 3.39. The molecule has 0 bridgehead atoms. The molecule has 0 aliphatic carbocycles. The van der Waals surface area contributed by atoms with Gasteiger partial charge in [0.15, 0.2) is 0 Å². The summed E-state index contributed by atoms with van der Waals surface area (Å²) in [7, 11) is 0. The monoisotopic (exact) mass is 410 g/mol. The van der Waals surface area contributed by atoms with Crippen molar-refractivity contribution in [2.24, 2.45) is 5.10 Å². The lowest BCUT2D eigenvalue weighted by Crippen LogP contribution is -2.33. The van der Waals surface area contributed by atoms with Crippen LogP contribution in [-0.4, -0.2) is 17.3 Å². The summed E-state index contributed by atoms with van der Waals surface area (Å²) in [5, 5.41) is 11.9. The van der Waals surface area contributed by atoms with Crippen LogP contribution in [0.3, 0.4) is 0 Å². The highest BCUT2D eigenvalue weighted by molar-refractivity contribution is 7.07. The van der Waals surface area contributed by atoms with Crippen molar-refractivity contribution >= 4 is 28.6 Å². The molecule has 4 nitrogen and oxygen atoms in total. The van der Waals surface area contributed by atoms with Gasteiger partial charge in [0.05, 0.1) is 18.4 Å². The quantitative estimate of drug-likeness (QED) is 0.525. The fourth-order valence-corrected chi connectivity index (χ4v) is 4.63. The molecule has 2 aliphatic heterocycles. The Hall–Kier alpha value is -2.50. The van der Waals surface area contributed by atoms with Crippen LogP contribution >= 0.6 is 22.9 Å². The third kappa shape index (κ3) is 3.05. The minimum Gasteiger partial charge on any atom is -0.494 e. The lowest BCUT2D eigenvalue weighted by atomic mass is 9.96. The topological polar surface area (TPSA) is 34.1 Å². The molecule has 142 valence electrons. The zero-order chi connectivity index (χ0) is 19.1. The van der Waals surface area contributed by atoms with Crippen LogP contribution in [0, 0.1) is 0 Å². The van der Waals surface area contributed by atoms with Gasteiger partial charge in [-0.25, -0.2) is 5.01 Å². The van der Waals surface area contributed by atoms with Crippen LogP contribution in [0.5, 0.6) is 11.5 Å². The van der Waals surface area contributed by atoms with Crippen LogP contribution in [0.2, 0.25) is 5.02 Å². The van der Waals surface area contributed by atoms with E-state index in [9.17, 15) is 0 Å². The number of ether oxygens (including phenoxy) is 2. The maximum Gasteiger partial charge on any atom is 0.214 e. The van der Waals surface area contributed by atoms with Crippen molar-refractivity contribution in [1.29, 1.82) is 0 Å². The third-order valence-corrected chi connectivity index (χ3v) is 6.02. The van der Waals surface area contributed by atoms with Crippen molar-refractivity contribution in [3.8, 4) is 11.5 Å². The number of rotatable bonds is 4. The zero-order valence-electron chi connectivity index (χ0n) is 15.3. The van der Waals surface area contributed by atoms with Crippen LogP contribution in [0.25, 0.3) is 0 Å². The molecule has 0 spiro atoms. The van der Waals surface area contributed by atoms with E-state index in [1.165, 1.54) is 0 Å². The van der Waals surface area contributed by atoms with Crippen molar-refractivity contribution < 1.29 is 9.47 Å². The highest BCUT2D eigenvalue weighted by Crippen LogP contribution is 2.48. The molecule has 0 amide bonds. The second-order valence-corrected chi connectivity index (χ2v) is 8.03. The Morgan fingerprint density at radius 1 is 1.21 bits per heavy atom.